The lowest BCUT2D eigenvalue weighted by Crippen LogP contribution is -2.12. The van der Waals surface area contributed by atoms with Gasteiger partial charge in [0.15, 0.2) is 0 Å². The molecule has 1 N–H and O–H groups in total. The largest absolute Gasteiger partial charge is 0.304 e. The highest BCUT2D eigenvalue weighted by Gasteiger charge is 2.42. The van der Waals surface area contributed by atoms with Gasteiger partial charge in [-0.15, -0.1) is 0 Å². The van der Waals surface area contributed by atoms with Crippen molar-refractivity contribution < 1.29 is 0 Å². The minimum Gasteiger partial charge on any atom is -0.304 e. The van der Waals surface area contributed by atoms with Crippen LogP contribution in [-0.2, 0) is 0 Å². The Morgan fingerprint density at radius 2 is 2.44 bits per heavy atom. The third kappa shape index (κ3) is 0.799. The van der Waals surface area contributed by atoms with Gasteiger partial charge in [0, 0.05) is 12.1 Å². The Bertz CT molecular complexity index is 151. The van der Waals surface area contributed by atoms with Crippen molar-refractivity contribution in [1.29, 1.82) is 0 Å². The molecule has 2 fully saturated rings. The van der Waals surface area contributed by atoms with Gasteiger partial charge in [0.2, 0.25) is 0 Å². The maximum Gasteiger partial charge on any atom is 0.0435 e. The normalized spacial score (nSPS) is 48.6. The lowest BCUT2D eigenvalue weighted by atomic mass is 9.88. The highest BCUT2D eigenvalue weighted by Crippen LogP contribution is 2.35. The standard InChI is InChI=1S/C8H13N/c1-5-3-6(2)8-7(4-5)9-8/h5,7-9H,2-4H2,1H3. The molecule has 1 saturated carbocycles. The molecule has 1 aliphatic heterocycles. The maximum atomic E-state index is 4.02. The van der Waals surface area contributed by atoms with Crippen molar-refractivity contribution in [1.82, 2.24) is 5.32 Å². The quantitative estimate of drug-likeness (QED) is 0.381. The molecular formula is C8H13N. The fourth-order valence-electron chi connectivity index (χ4n) is 1.87. The zero-order valence-corrected chi connectivity index (χ0v) is 5.85. The molecule has 0 amide bonds. The van der Waals surface area contributed by atoms with Crippen LogP contribution < -0.4 is 5.32 Å². The van der Waals surface area contributed by atoms with E-state index >= 15 is 0 Å². The fourth-order valence-corrected chi connectivity index (χ4v) is 1.87. The zero-order chi connectivity index (χ0) is 6.43. The molecule has 0 spiro atoms. The van der Waals surface area contributed by atoms with Gasteiger partial charge in [-0.25, -0.2) is 0 Å². The van der Waals surface area contributed by atoms with E-state index in [1.54, 1.807) is 0 Å². The molecule has 0 radical (unpaired) electrons. The molecule has 0 bridgehead atoms. The summed E-state index contributed by atoms with van der Waals surface area (Å²) in [6, 6.07) is 1.52. The predicted octanol–water partition coefficient (Wildman–Crippen LogP) is 1.31. The average Bonchev–Trinajstić information content (AvgIpc) is 2.43. The van der Waals surface area contributed by atoms with Gasteiger partial charge in [0.25, 0.3) is 0 Å². The third-order valence-corrected chi connectivity index (χ3v) is 2.39. The van der Waals surface area contributed by atoms with E-state index in [0.717, 1.165) is 12.0 Å². The first-order valence-electron chi connectivity index (χ1n) is 3.71. The lowest BCUT2D eigenvalue weighted by molar-refractivity contribution is 0.490. The highest BCUT2D eigenvalue weighted by atomic mass is 15.2. The van der Waals surface area contributed by atoms with Gasteiger partial charge in [-0.2, -0.15) is 0 Å². The van der Waals surface area contributed by atoms with Crippen LogP contribution in [0.3, 0.4) is 0 Å². The minimum atomic E-state index is 0.709. The van der Waals surface area contributed by atoms with E-state index in [1.807, 2.05) is 0 Å². The summed E-state index contributed by atoms with van der Waals surface area (Å²) in [5, 5.41) is 3.41. The molecule has 3 unspecified atom stereocenters. The number of hydrogen-bond donors (Lipinski definition) is 1. The maximum absolute atomic E-state index is 4.02. The molecule has 1 heterocycles. The summed E-state index contributed by atoms with van der Waals surface area (Å²) in [5.41, 5.74) is 1.43. The SMILES string of the molecule is C=C1CC(C)CC2NC12. The van der Waals surface area contributed by atoms with E-state index < -0.39 is 0 Å². The second-order valence-corrected chi connectivity index (χ2v) is 3.45. The Morgan fingerprint density at radius 3 is 3.11 bits per heavy atom. The number of hydrogen-bond acceptors (Lipinski definition) is 1. The summed E-state index contributed by atoms with van der Waals surface area (Å²) >= 11 is 0. The van der Waals surface area contributed by atoms with Gasteiger partial charge in [0.1, 0.15) is 0 Å². The number of nitrogens with one attached hydrogen (secondary N) is 1. The van der Waals surface area contributed by atoms with Crippen molar-refractivity contribution in [3.05, 3.63) is 12.2 Å². The lowest BCUT2D eigenvalue weighted by Gasteiger charge is -2.16. The van der Waals surface area contributed by atoms with E-state index in [0.29, 0.717) is 6.04 Å². The molecule has 9 heavy (non-hydrogen) atoms. The van der Waals surface area contributed by atoms with Crippen LogP contribution in [-0.4, -0.2) is 12.1 Å². The van der Waals surface area contributed by atoms with Crippen LogP contribution in [0, 0.1) is 5.92 Å². The van der Waals surface area contributed by atoms with E-state index in [2.05, 4.69) is 18.8 Å². The molecule has 0 aromatic heterocycles. The second kappa shape index (κ2) is 1.60. The van der Waals surface area contributed by atoms with Crippen LogP contribution in [0.25, 0.3) is 0 Å². The number of fused-ring (bicyclic) bond motifs is 1. The van der Waals surface area contributed by atoms with Gasteiger partial charge in [-0.3, -0.25) is 0 Å². The Hall–Kier alpha value is -0.300. The average molecular weight is 123 g/mol. The highest BCUT2D eigenvalue weighted by molar-refractivity contribution is 5.23. The third-order valence-electron chi connectivity index (χ3n) is 2.39. The Morgan fingerprint density at radius 1 is 1.67 bits per heavy atom. The predicted molar refractivity (Wildman–Crippen MR) is 38.2 cm³/mol. The smallest absolute Gasteiger partial charge is 0.0435 e. The zero-order valence-electron chi connectivity index (χ0n) is 5.85. The van der Waals surface area contributed by atoms with Crippen molar-refractivity contribution >= 4 is 0 Å². The van der Waals surface area contributed by atoms with Gasteiger partial charge >= 0.3 is 0 Å². The Labute approximate surface area is 56.1 Å². The topological polar surface area (TPSA) is 21.9 Å². The van der Waals surface area contributed by atoms with Crippen LogP contribution in [0.15, 0.2) is 12.2 Å². The summed E-state index contributed by atoms with van der Waals surface area (Å²) in [5.74, 6) is 0.869. The van der Waals surface area contributed by atoms with Crippen molar-refractivity contribution in [3.8, 4) is 0 Å². The molecular weight excluding hydrogens is 110 g/mol. The van der Waals surface area contributed by atoms with Crippen molar-refractivity contribution in [2.75, 3.05) is 0 Å². The monoisotopic (exact) mass is 123 g/mol. The van der Waals surface area contributed by atoms with Crippen LogP contribution in [0.4, 0.5) is 0 Å². The van der Waals surface area contributed by atoms with Crippen LogP contribution in [0.2, 0.25) is 0 Å². The molecule has 50 valence electrons. The van der Waals surface area contributed by atoms with E-state index in [4.69, 9.17) is 0 Å². The van der Waals surface area contributed by atoms with E-state index in [1.165, 1.54) is 18.4 Å². The fraction of sp³-hybridized carbons (Fsp3) is 0.750. The second-order valence-electron chi connectivity index (χ2n) is 3.45. The molecule has 3 atom stereocenters. The van der Waals surface area contributed by atoms with Crippen LogP contribution >= 0.6 is 0 Å². The first kappa shape index (κ1) is 5.48. The van der Waals surface area contributed by atoms with Crippen LogP contribution in [0.1, 0.15) is 19.8 Å². The first-order valence-corrected chi connectivity index (χ1v) is 3.71. The minimum absolute atomic E-state index is 0.709. The number of rotatable bonds is 0. The van der Waals surface area contributed by atoms with E-state index in [-0.39, 0.29) is 0 Å². The summed E-state index contributed by atoms with van der Waals surface area (Å²) in [4.78, 5) is 0. The molecule has 1 saturated heterocycles. The Kier molecular flexibility index (Phi) is 0.974. The van der Waals surface area contributed by atoms with E-state index in [9.17, 15) is 0 Å². The molecule has 0 aromatic carbocycles. The molecule has 1 nitrogen and oxygen atoms in total. The van der Waals surface area contributed by atoms with Gasteiger partial charge < -0.3 is 5.32 Å². The Balaban J connectivity index is 2.07. The molecule has 0 aromatic rings. The summed E-state index contributed by atoms with van der Waals surface area (Å²) < 4.78 is 0. The molecule has 2 rings (SSSR count). The van der Waals surface area contributed by atoms with Crippen molar-refractivity contribution in [2.24, 2.45) is 5.92 Å². The van der Waals surface area contributed by atoms with Crippen LogP contribution in [0.5, 0.6) is 0 Å². The van der Waals surface area contributed by atoms with Gasteiger partial charge in [-0.1, -0.05) is 19.1 Å². The summed E-state index contributed by atoms with van der Waals surface area (Å²) in [7, 11) is 0. The summed E-state index contributed by atoms with van der Waals surface area (Å²) in [6.45, 7) is 6.33. The molecule has 1 heteroatoms. The van der Waals surface area contributed by atoms with Gasteiger partial charge in [0.05, 0.1) is 0 Å². The molecule has 1 aliphatic carbocycles. The van der Waals surface area contributed by atoms with Crippen molar-refractivity contribution in [2.45, 2.75) is 31.8 Å². The first-order chi connectivity index (χ1) is 4.27. The summed E-state index contributed by atoms with van der Waals surface area (Å²) in [6.07, 6.45) is 2.61. The van der Waals surface area contributed by atoms with Gasteiger partial charge in [-0.05, 0) is 18.8 Å². The molecule has 2 aliphatic rings. The van der Waals surface area contributed by atoms with Crippen molar-refractivity contribution in [3.63, 3.8) is 0 Å².